The van der Waals surface area contributed by atoms with Crippen molar-refractivity contribution in [2.45, 2.75) is 74.3 Å². The molecule has 0 aromatic heterocycles. The van der Waals surface area contributed by atoms with Crippen molar-refractivity contribution in [3.8, 4) is 0 Å². The van der Waals surface area contributed by atoms with Crippen LogP contribution in [0.3, 0.4) is 0 Å². The maximum atomic E-state index is 13.3. The summed E-state index contributed by atoms with van der Waals surface area (Å²) in [5.74, 6) is 0. The van der Waals surface area contributed by atoms with Gasteiger partial charge in [0, 0.05) is 6.42 Å². The molecule has 1 atom stereocenters. The first kappa shape index (κ1) is 26.0. The second-order valence-corrected chi connectivity index (χ2v) is 5.70. The van der Waals surface area contributed by atoms with Crippen LogP contribution < -0.4 is 0 Å². The Labute approximate surface area is 142 Å². The highest BCUT2D eigenvalue weighted by atomic mass is 19.4. The van der Waals surface area contributed by atoms with Crippen LogP contribution in [0.5, 0.6) is 0 Å². The quantitative estimate of drug-likeness (QED) is 0.384. The van der Waals surface area contributed by atoms with E-state index < -0.39 is 74.3 Å². The number of halogens is 14. The molecule has 1 unspecified atom stereocenters. The Morgan fingerprint density at radius 1 is 0.519 bits per heavy atom. The van der Waals surface area contributed by atoms with E-state index in [1.807, 2.05) is 0 Å². The molecule has 0 aromatic rings. The number of aliphatic hydroxyl groups is 1. The van der Waals surface area contributed by atoms with E-state index in [1.165, 1.54) is 0 Å². The van der Waals surface area contributed by atoms with Gasteiger partial charge in [0.1, 0.15) is 0 Å². The zero-order chi connectivity index (χ0) is 22.1. The topological polar surface area (TPSA) is 20.2 Å². The molecule has 0 fully saturated rings. The van der Waals surface area contributed by atoms with E-state index in [4.69, 9.17) is 5.11 Å². The molecule has 0 aliphatic rings. The second kappa shape index (κ2) is 7.78. The molecule has 0 aliphatic carbocycles. The molecule has 0 saturated carbocycles. The predicted octanol–water partition coefficient (Wildman–Crippen LogP) is 5.96. The van der Waals surface area contributed by atoms with Crippen molar-refractivity contribution in [2.75, 3.05) is 0 Å². The largest absolute Gasteiger partial charge is 0.431 e. The Bertz CT molecular complexity index is 442. The summed E-state index contributed by atoms with van der Waals surface area (Å²) >= 11 is 0. The number of alkyl halides is 14. The van der Waals surface area contributed by atoms with Crippen molar-refractivity contribution in [1.29, 1.82) is 0 Å². The van der Waals surface area contributed by atoms with Crippen molar-refractivity contribution in [3.63, 3.8) is 0 Å². The molecule has 15 heteroatoms. The molecule has 0 amide bonds. The summed E-state index contributed by atoms with van der Waals surface area (Å²) in [6.45, 7) is 0. The summed E-state index contributed by atoms with van der Waals surface area (Å²) < 4.78 is 173. The molecule has 0 radical (unpaired) electrons. The monoisotopic (exact) mass is 438 g/mol. The first-order valence-electron chi connectivity index (χ1n) is 6.93. The second-order valence-electron chi connectivity index (χ2n) is 5.70. The van der Waals surface area contributed by atoms with Gasteiger partial charge in [-0.15, -0.1) is 0 Å². The molecule has 0 saturated heterocycles. The molecule has 1 nitrogen and oxygen atoms in total. The lowest BCUT2D eigenvalue weighted by Crippen LogP contribution is -2.55. The van der Waals surface area contributed by atoms with E-state index in [0.29, 0.717) is 0 Å². The highest BCUT2D eigenvalue weighted by Gasteiger charge is 2.73. The van der Waals surface area contributed by atoms with Gasteiger partial charge >= 0.3 is 30.4 Å². The van der Waals surface area contributed by atoms with Gasteiger partial charge < -0.3 is 5.11 Å². The third kappa shape index (κ3) is 5.73. The van der Waals surface area contributed by atoms with Gasteiger partial charge in [-0.25, -0.2) is 8.78 Å². The van der Waals surface area contributed by atoms with Crippen LogP contribution >= 0.6 is 0 Å². The first-order chi connectivity index (χ1) is 11.6. The molecule has 0 rings (SSSR count). The molecule has 27 heavy (non-hydrogen) atoms. The minimum absolute atomic E-state index is 1.02. The van der Waals surface area contributed by atoms with Gasteiger partial charge in [-0.05, 0) is 19.3 Å². The van der Waals surface area contributed by atoms with Gasteiger partial charge in [-0.3, -0.25) is 0 Å². The van der Waals surface area contributed by atoms with Crippen LogP contribution in [-0.4, -0.2) is 47.3 Å². The molecule has 0 heterocycles. The van der Waals surface area contributed by atoms with Crippen LogP contribution in [0.2, 0.25) is 0 Å². The highest BCUT2D eigenvalue weighted by molar-refractivity contribution is 4.97. The molecule has 0 aromatic carbocycles. The van der Waals surface area contributed by atoms with E-state index in [2.05, 4.69) is 0 Å². The maximum Gasteiger partial charge on any atom is 0.431 e. The van der Waals surface area contributed by atoms with Crippen LogP contribution in [0.25, 0.3) is 0 Å². The van der Waals surface area contributed by atoms with E-state index in [9.17, 15) is 61.5 Å². The van der Waals surface area contributed by atoms with Crippen LogP contribution in [0.15, 0.2) is 0 Å². The summed E-state index contributed by atoms with van der Waals surface area (Å²) in [6, 6.07) is 0. The van der Waals surface area contributed by atoms with Crippen molar-refractivity contribution >= 4 is 0 Å². The fourth-order valence-corrected chi connectivity index (χ4v) is 2.01. The summed E-state index contributed by atoms with van der Waals surface area (Å²) in [4.78, 5) is 0. The van der Waals surface area contributed by atoms with Crippen molar-refractivity contribution < 1.29 is 66.6 Å². The molecular formula is C12H12F14O. The fraction of sp³-hybridized carbons (Fsp3) is 1.00. The molecule has 164 valence electrons. The summed E-state index contributed by atoms with van der Waals surface area (Å²) in [7, 11) is 0. The van der Waals surface area contributed by atoms with E-state index in [-0.39, 0.29) is 0 Å². The van der Waals surface area contributed by atoms with Crippen LogP contribution in [-0.2, 0) is 0 Å². The smallest absolute Gasteiger partial charge is 0.393 e. The Balaban J connectivity index is 4.92. The minimum atomic E-state index is -6.48. The van der Waals surface area contributed by atoms with Crippen molar-refractivity contribution in [2.24, 2.45) is 0 Å². The van der Waals surface area contributed by atoms with E-state index in [1.54, 1.807) is 0 Å². The van der Waals surface area contributed by atoms with Gasteiger partial charge in [0.25, 0.3) is 5.67 Å². The molecule has 1 N–H and O–H groups in total. The number of rotatable bonds is 7. The third-order valence-electron chi connectivity index (χ3n) is 3.62. The lowest BCUT2D eigenvalue weighted by Gasteiger charge is -2.32. The van der Waals surface area contributed by atoms with E-state index >= 15 is 0 Å². The zero-order valence-corrected chi connectivity index (χ0v) is 12.9. The number of unbranched alkanes of at least 4 members (excludes halogenated alkanes) is 1. The molecular weight excluding hydrogens is 426 g/mol. The Hall–Kier alpha value is -1.02. The average Bonchev–Trinajstić information content (AvgIpc) is 2.38. The Morgan fingerprint density at radius 2 is 0.852 bits per heavy atom. The van der Waals surface area contributed by atoms with Gasteiger partial charge in [0.15, 0.2) is 0 Å². The third-order valence-corrected chi connectivity index (χ3v) is 3.62. The van der Waals surface area contributed by atoms with Gasteiger partial charge in [0.2, 0.25) is 0 Å². The fourth-order valence-electron chi connectivity index (χ4n) is 2.01. The Kier molecular flexibility index (Phi) is 7.48. The van der Waals surface area contributed by atoms with Gasteiger partial charge in [0.05, 0.1) is 6.10 Å². The molecule has 0 spiro atoms. The summed E-state index contributed by atoms with van der Waals surface area (Å²) in [5, 5.41) is 9.08. The summed E-state index contributed by atoms with van der Waals surface area (Å²) in [5.41, 5.74) is -11.5. The van der Waals surface area contributed by atoms with Crippen LogP contribution in [0.1, 0.15) is 32.1 Å². The van der Waals surface area contributed by atoms with E-state index in [0.717, 1.165) is 0 Å². The molecule has 0 bridgehead atoms. The van der Waals surface area contributed by atoms with Crippen molar-refractivity contribution in [3.05, 3.63) is 0 Å². The SMILES string of the molecule is OC(CCCCC(F)(C(F)(F)F)C(F)(F)F)CC(F)(C(F)(F)F)C(F)(F)F. The maximum absolute atomic E-state index is 13.3. The predicted molar refractivity (Wildman–Crippen MR) is 61.0 cm³/mol. The number of hydrogen-bond acceptors (Lipinski definition) is 1. The van der Waals surface area contributed by atoms with Gasteiger partial charge in [-0.2, -0.15) is 52.7 Å². The van der Waals surface area contributed by atoms with Crippen LogP contribution in [0, 0.1) is 0 Å². The lowest BCUT2D eigenvalue weighted by molar-refractivity contribution is -0.348. The number of aliphatic hydroxyl groups excluding tert-OH is 1. The average molecular weight is 438 g/mol. The standard InChI is InChI=1S/C12H12F14O/c13-7(9(15,16)17,10(18,19)20)4-2-1-3-6(27)5-8(14,11(21,22)23)12(24,25)26/h6,27H,1-5H2. The zero-order valence-electron chi connectivity index (χ0n) is 12.9. The van der Waals surface area contributed by atoms with Crippen LogP contribution in [0.4, 0.5) is 61.5 Å². The molecule has 0 aliphatic heterocycles. The normalized spacial score (nSPS) is 16.6. The summed E-state index contributed by atoms with van der Waals surface area (Å²) in [6.07, 6.45) is -36.7. The first-order valence-corrected chi connectivity index (χ1v) is 6.93. The van der Waals surface area contributed by atoms with Crippen molar-refractivity contribution in [1.82, 2.24) is 0 Å². The lowest BCUT2D eigenvalue weighted by atomic mass is 9.92. The number of hydrogen-bond donors (Lipinski definition) is 1. The Morgan fingerprint density at radius 3 is 1.15 bits per heavy atom. The highest BCUT2D eigenvalue weighted by Crippen LogP contribution is 2.50. The van der Waals surface area contributed by atoms with Gasteiger partial charge in [-0.1, -0.05) is 6.42 Å². The minimum Gasteiger partial charge on any atom is -0.393 e.